The summed E-state index contributed by atoms with van der Waals surface area (Å²) in [6, 6.07) is 6.50. The fourth-order valence-corrected chi connectivity index (χ4v) is 3.98. The van der Waals surface area contributed by atoms with Crippen molar-refractivity contribution in [1.82, 2.24) is 4.90 Å². The van der Waals surface area contributed by atoms with Gasteiger partial charge in [0.15, 0.2) is 0 Å². The summed E-state index contributed by atoms with van der Waals surface area (Å²) in [5, 5.41) is 0. The number of hydrogen-bond donors (Lipinski definition) is 0. The summed E-state index contributed by atoms with van der Waals surface area (Å²) in [5.41, 5.74) is 2.24. The monoisotopic (exact) mass is 345 g/mol. The standard InChI is InChI=1S/C20H27NO4/c1-12-6-7-13(10-17(12)18(22)24-5)14-8-15-11-16(9-14)21(15)19(23)25-20(2,3)4/h6-7,10,14-16H,8-9,11H2,1-5H3. The summed E-state index contributed by atoms with van der Waals surface area (Å²) < 4.78 is 10.4. The Morgan fingerprint density at radius 1 is 1.12 bits per heavy atom. The van der Waals surface area contributed by atoms with E-state index >= 15 is 0 Å². The number of rotatable bonds is 2. The van der Waals surface area contributed by atoms with Gasteiger partial charge in [-0.25, -0.2) is 9.59 Å². The van der Waals surface area contributed by atoms with Crippen LogP contribution in [0.15, 0.2) is 18.2 Å². The van der Waals surface area contributed by atoms with E-state index in [9.17, 15) is 9.59 Å². The van der Waals surface area contributed by atoms with Crippen molar-refractivity contribution in [3.05, 3.63) is 34.9 Å². The quantitative estimate of drug-likeness (QED) is 0.759. The summed E-state index contributed by atoms with van der Waals surface area (Å²) in [6.07, 6.45) is 2.68. The average Bonchev–Trinajstić information content (AvgIpc) is 2.52. The van der Waals surface area contributed by atoms with Crippen molar-refractivity contribution in [2.75, 3.05) is 7.11 Å². The molecule has 0 N–H and O–H groups in total. The zero-order chi connectivity index (χ0) is 18.4. The second-order valence-corrected chi connectivity index (χ2v) is 8.17. The Morgan fingerprint density at radius 3 is 2.32 bits per heavy atom. The van der Waals surface area contributed by atoms with E-state index < -0.39 is 5.60 Å². The molecule has 2 aliphatic heterocycles. The Hall–Kier alpha value is -2.04. The van der Waals surface area contributed by atoms with Crippen LogP contribution in [0.3, 0.4) is 0 Å². The van der Waals surface area contributed by atoms with E-state index in [1.807, 2.05) is 44.7 Å². The summed E-state index contributed by atoms with van der Waals surface area (Å²) in [6.45, 7) is 7.59. The van der Waals surface area contributed by atoms with Gasteiger partial charge in [0.05, 0.1) is 12.7 Å². The molecule has 0 aromatic heterocycles. The highest BCUT2D eigenvalue weighted by molar-refractivity contribution is 5.91. The SMILES string of the molecule is COC(=O)c1cc(C2CC3CC(C2)N3C(=O)OC(C)(C)C)ccc1C. The number of aryl methyl sites for hydroxylation is 1. The molecule has 1 saturated carbocycles. The van der Waals surface area contributed by atoms with Crippen molar-refractivity contribution in [2.45, 2.75) is 70.6 Å². The van der Waals surface area contributed by atoms with E-state index in [0.717, 1.165) is 30.4 Å². The minimum Gasteiger partial charge on any atom is -0.465 e. The van der Waals surface area contributed by atoms with Crippen LogP contribution in [0.1, 0.15) is 67.4 Å². The Kier molecular flexibility index (Phi) is 4.52. The molecule has 2 bridgehead atoms. The molecule has 2 atom stereocenters. The number of carbonyl (C=O) groups is 2. The first-order valence-corrected chi connectivity index (χ1v) is 8.90. The average molecular weight is 345 g/mol. The topological polar surface area (TPSA) is 55.8 Å². The highest BCUT2D eigenvalue weighted by Gasteiger charge is 2.49. The zero-order valence-corrected chi connectivity index (χ0v) is 15.7. The molecule has 2 unspecified atom stereocenters. The number of amides is 1. The molecular formula is C20H27NO4. The van der Waals surface area contributed by atoms with Crippen molar-refractivity contribution in [3.8, 4) is 0 Å². The van der Waals surface area contributed by atoms with Crippen molar-refractivity contribution in [3.63, 3.8) is 0 Å². The van der Waals surface area contributed by atoms with Gasteiger partial charge in [0.25, 0.3) is 0 Å². The summed E-state index contributed by atoms with van der Waals surface area (Å²) in [7, 11) is 1.41. The molecule has 1 aliphatic carbocycles. The van der Waals surface area contributed by atoms with Gasteiger partial charge in [-0.3, -0.25) is 0 Å². The maximum absolute atomic E-state index is 12.4. The number of nitrogens with zero attached hydrogens (tertiary/aromatic N) is 1. The Balaban J connectivity index is 1.71. The molecule has 136 valence electrons. The molecular weight excluding hydrogens is 318 g/mol. The predicted octanol–water partition coefficient (Wildman–Crippen LogP) is 4.04. The number of benzene rings is 1. The molecule has 1 aromatic carbocycles. The normalized spacial score (nSPS) is 25.2. The smallest absolute Gasteiger partial charge is 0.410 e. The van der Waals surface area contributed by atoms with Crippen LogP contribution in [0, 0.1) is 6.92 Å². The van der Waals surface area contributed by atoms with E-state index in [4.69, 9.17) is 9.47 Å². The first-order chi connectivity index (χ1) is 11.7. The van der Waals surface area contributed by atoms with Gasteiger partial charge in [-0.1, -0.05) is 12.1 Å². The highest BCUT2D eigenvalue weighted by Crippen LogP contribution is 2.46. The van der Waals surface area contributed by atoms with E-state index in [0.29, 0.717) is 11.5 Å². The summed E-state index contributed by atoms with van der Waals surface area (Å²) >= 11 is 0. The van der Waals surface area contributed by atoms with Crippen LogP contribution in [0.2, 0.25) is 0 Å². The van der Waals surface area contributed by atoms with Crippen molar-refractivity contribution in [1.29, 1.82) is 0 Å². The molecule has 3 aliphatic rings. The van der Waals surface area contributed by atoms with Gasteiger partial charge in [0.1, 0.15) is 5.60 Å². The molecule has 5 heteroatoms. The molecule has 2 saturated heterocycles. The van der Waals surface area contributed by atoms with E-state index in [-0.39, 0.29) is 24.1 Å². The minimum absolute atomic E-state index is 0.202. The fourth-order valence-electron chi connectivity index (χ4n) is 3.98. The molecule has 0 spiro atoms. The minimum atomic E-state index is -0.466. The number of fused-ring (bicyclic) bond motifs is 2. The Labute approximate surface area is 149 Å². The summed E-state index contributed by atoms with van der Waals surface area (Å²) in [5.74, 6) is 0.0714. The number of carbonyl (C=O) groups excluding carboxylic acids is 2. The van der Waals surface area contributed by atoms with Gasteiger partial charge in [0.2, 0.25) is 0 Å². The van der Waals surface area contributed by atoms with Crippen LogP contribution in [0.25, 0.3) is 0 Å². The van der Waals surface area contributed by atoms with Crippen molar-refractivity contribution < 1.29 is 19.1 Å². The van der Waals surface area contributed by atoms with Crippen LogP contribution in [0.4, 0.5) is 4.79 Å². The first-order valence-electron chi connectivity index (χ1n) is 8.90. The van der Waals surface area contributed by atoms with Gasteiger partial charge >= 0.3 is 12.1 Å². The van der Waals surface area contributed by atoms with Crippen LogP contribution < -0.4 is 0 Å². The molecule has 3 fully saturated rings. The lowest BCUT2D eigenvalue weighted by Crippen LogP contribution is -2.63. The van der Waals surface area contributed by atoms with E-state index in [1.54, 1.807) is 0 Å². The van der Waals surface area contributed by atoms with Gasteiger partial charge < -0.3 is 14.4 Å². The number of ether oxygens (including phenoxy) is 2. The molecule has 4 rings (SSSR count). The summed E-state index contributed by atoms with van der Waals surface area (Å²) in [4.78, 5) is 26.2. The number of methoxy groups -OCH3 is 1. The highest BCUT2D eigenvalue weighted by atomic mass is 16.6. The maximum atomic E-state index is 12.4. The number of esters is 1. The Morgan fingerprint density at radius 2 is 1.76 bits per heavy atom. The van der Waals surface area contributed by atoms with Gasteiger partial charge in [0, 0.05) is 12.1 Å². The van der Waals surface area contributed by atoms with Gasteiger partial charge in [-0.2, -0.15) is 0 Å². The van der Waals surface area contributed by atoms with Crippen LogP contribution in [-0.2, 0) is 9.47 Å². The molecule has 0 radical (unpaired) electrons. The van der Waals surface area contributed by atoms with E-state index in [2.05, 4.69) is 6.07 Å². The zero-order valence-electron chi connectivity index (χ0n) is 15.7. The van der Waals surface area contributed by atoms with Crippen molar-refractivity contribution >= 4 is 12.1 Å². The van der Waals surface area contributed by atoms with E-state index in [1.165, 1.54) is 7.11 Å². The molecule has 1 amide bonds. The lowest BCUT2D eigenvalue weighted by molar-refractivity contribution is -0.0564. The number of hydrogen-bond acceptors (Lipinski definition) is 4. The van der Waals surface area contributed by atoms with Crippen LogP contribution >= 0.6 is 0 Å². The third-order valence-corrected chi connectivity index (χ3v) is 5.19. The third kappa shape index (κ3) is 3.51. The van der Waals surface area contributed by atoms with Gasteiger partial charge in [-0.15, -0.1) is 0 Å². The predicted molar refractivity (Wildman–Crippen MR) is 94.8 cm³/mol. The largest absolute Gasteiger partial charge is 0.465 e. The maximum Gasteiger partial charge on any atom is 0.410 e. The first kappa shape index (κ1) is 17.8. The second kappa shape index (κ2) is 6.36. The van der Waals surface area contributed by atoms with Crippen LogP contribution in [0.5, 0.6) is 0 Å². The second-order valence-electron chi connectivity index (χ2n) is 8.17. The van der Waals surface area contributed by atoms with Crippen molar-refractivity contribution in [2.24, 2.45) is 0 Å². The number of piperidine rings is 1. The molecule has 5 nitrogen and oxygen atoms in total. The third-order valence-electron chi connectivity index (χ3n) is 5.19. The molecule has 1 aromatic rings. The lowest BCUT2D eigenvalue weighted by Gasteiger charge is -2.55. The molecule has 2 heterocycles. The molecule has 25 heavy (non-hydrogen) atoms. The lowest BCUT2D eigenvalue weighted by atomic mass is 9.71. The Bertz CT molecular complexity index is 679. The van der Waals surface area contributed by atoms with Gasteiger partial charge in [-0.05, 0) is 70.1 Å². The fraction of sp³-hybridized carbons (Fsp3) is 0.600. The van der Waals surface area contributed by atoms with Crippen LogP contribution in [-0.4, -0.2) is 41.8 Å².